The Kier molecular flexibility index (Phi) is 4.79. The number of nitrogens with zero attached hydrogens (tertiary/aromatic N) is 1. The van der Waals surface area contributed by atoms with E-state index in [0.717, 1.165) is 0 Å². The van der Waals surface area contributed by atoms with Gasteiger partial charge in [0.05, 0.1) is 13.2 Å². The molecule has 0 rings (SSSR count). The smallest absolute Gasteiger partial charge is 0.378 e. The number of ether oxygens (including phenoxy) is 1. The van der Waals surface area contributed by atoms with Crippen molar-refractivity contribution in [1.29, 1.82) is 0 Å². The maximum atomic E-state index is 12.8. The average molecular weight is 197 g/mol. The fraction of sp³-hybridized carbons (Fsp3) is 0.857. The SMILES string of the molecule is CCOC(=O)C(F)(F)CN(O)CC. The van der Waals surface area contributed by atoms with Gasteiger partial charge >= 0.3 is 11.9 Å². The summed E-state index contributed by atoms with van der Waals surface area (Å²) in [6.45, 7) is 1.80. The van der Waals surface area contributed by atoms with E-state index < -0.39 is 18.4 Å². The zero-order valence-corrected chi connectivity index (χ0v) is 7.59. The summed E-state index contributed by atoms with van der Waals surface area (Å²) in [4.78, 5) is 10.6. The zero-order valence-electron chi connectivity index (χ0n) is 7.59. The van der Waals surface area contributed by atoms with Gasteiger partial charge in [0.1, 0.15) is 0 Å². The maximum absolute atomic E-state index is 12.8. The molecule has 0 spiro atoms. The Morgan fingerprint density at radius 1 is 1.54 bits per heavy atom. The number of hydrogen-bond donors (Lipinski definition) is 1. The highest BCUT2D eigenvalue weighted by atomic mass is 19.3. The molecule has 0 aromatic carbocycles. The molecule has 0 radical (unpaired) electrons. The van der Waals surface area contributed by atoms with Crippen molar-refractivity contribution >= 4 is 5.97 Å². The molecule has 0 aliphatic heterocycles. The van der Waals surface area contributed by atoms with Crippen molar-refractivity contribution in [1.82, 2.24) is 5.06 Å². The van der Waals surface area contributed by atoms with Crippen molar-refractivity contribution in [2.24, 2.45) is 0 Å². The fourth-order valence-electron chi connectivity index (χ4n) is 0.642. The van der Waals surface area contributed by atoms with Crippen LogP contribution in [0.4, 0.5) is 8.78 Å². The number of hydroxylamine groups is 2. The van der Waals surface area contributed by atoms with E-state index in [2.05, 4.69) is 4.74 Å². The fourth-order valence-corrected chi connectivity index (χ4v) is 0.642. The standard InChI is InChI=1S/C7H13F2NO3/c1-3-10(12)5-7(8,9)6(11)13-4-2/h12H,3-5H2,1-2H3. The summed E-state index contributed by atoms with van der Waals surface area (Å²) in [6.07, 6.45) is 0. The first-order chi connectivity index (χ1) is 5.94. The minimum atomic E-state index is -3.65. The summed E-state index contributed by atoms with van der Waals surface area (Å²) in [7, 11) is 0. The summed E-state index contributed by atoms with van der Waals surface area (Å²) in [5.41, 5.74) is 0. The van der Waals surface area contributed by atoms with Gasteiger partial charge in [-0.1, -0.05) is 6.92 Å². The van der Waals surface area contributed by atoms with Crippen LogP contribution in [0.2, 0.25) is 0 Å². The van der Waals surface area contributed by atoms with Gasteiger partial charge in [0.15, 0.2) is 0 Å². The van der Waals surface area contributed by atoms with Crippen molar-refractivity contribution in [2.75, 3.05) is 19.7 Å². The third kappa shape index (κ3) is 4.14. The van der Waals surface area contributed by atoms with E-state index in [0.29, 0.717) is 5.06 Å². The molecule has 0 unspecified atom stereocenters. The van der Waals surface area contributed by atoms with Crippen molar-refractivity contribution in [3.63, 3.8) is 0 Å². The van der Waals surface area contributed by atoms with Gasteiger partial charge in [-0.25, -0.2) is 4.79 Å². The highest BCUT2D eigenvalue weighted by Crippen LogP contribution is 2.16. The molecule has 0 saturated heterocycles. The second kappa shape index (κ2) is 5.08. The van der Waals surface area contributed by atoms with Crippen molar-refractivity contribution < 1.29 is 23.5 Å². The monoisotopic (exact) mass is 197 g/mol. The van der Waals surface area contributed by atoms with Crippen LogP contribution < -0.4 is 0 Å². The predicted octanol–water partition coefficient (Wildman–Crippen LogP) is 0.896. The highest BCUT2D eigenvalue weighted by molar-refractivity contribution is 5.77. The third-order valence-corrected chi connectivity index (χ3v) is 1.32. The molecule has 0 heterocycles. The molecule has 0 aromatic heterocycles. The molecule has 0 aromatic rings. The quantitative estimate of drug-likeness (QED) is 0.525. The van der Waals surface area contributed by atoms with Gasteiger partial charge in [-0.05, 0) is 6.92 Å². The van der Waals surface area contributed by atoms with Crippen LogP contribution in [0.3, 0.4) is 0 Å². The number of rotatable bonds is 5. The van der Waals surface area contributed by atoms with Gasteiger partial charge in [-0.15, -0.1) is 0 Å². The second-order valence-electron chi connectivity index (χ2n) is 2.41. The molecular weight excluding hydrogens is 184 g/mol. The van der Waals surface area contributed by atoms with Crippen LogP contribution in [0.25, 0.3) is 0 Å². The second-order valence-corrected chi connectivity index (χ2v) is 2.41. The largest absolute Gasteiger partial charge is 0.462 e. The highest BCUT2D eigenvalue weighted by Gasteiger charge is 2.41. The lowest BCUT2D eigenvalue weighted by molar-refractivity contribution is -0.192. The number of esters is 1. The minimum Gasteiger partial charge on any atom is -0.462 e. The first-order valence-corrected chi connectivity index (χ1v) is 3.93. The van der Waals surface area contributed by atoms with Crippen LogP contribution in [-0.2, 0) is 9.53 Å². The molecule has 6 heteroatoms. The molecule has 0 saturated carbocycles. The van der Waals surface area contributed by atoms with Gasteiger partial charge in [0.25, 0.3) is 0 Å². The maximum Gasteiger partial charge on any atom is 0.378 e. The Morgan fingerprint density at radius 2 is 2.08 bits per heavy atom. The summed E-state index contributed by atoms with van der Waals surface area (Å²) < 4.78 is 29.7. The molecule has 0 aliphatic carbocycles. The molecule has 0 atom stereocenters. The molecule has 78 valence electrons. The normalized spacial score (nSPS) is 11.8. The Balaban J connectivity index is 4.13. The first-order valence-electron chi connectivity index (χ1n) is 3.93. The van der Waals surface area contributed by atoms with Crippen molar-refractivity contribution in [3.8, 4) is 0 Å². The molecule has 13 heavy (non-hydrogen) atoms. The third-order valence-electron chi connectivity index (χ3n) is 1.32. The molecule has 4 nitrogen and oxygen atoms in total. The lowest BCUT2D eigenvalue weighted by Crippen LogP contribution is -2.42. The van der Waals surface area contributed by atoms with Crippen LogP contribution in [-0.4, -0.2) is 41.9 Å². The van der Waals surface area contributed by atoms with Gasteiger partial charge < -0.3 is 9.94 Å². The van der Waals surface area contributed by atoms with Gasteiger partial charge in [0.2, 0.25) is 0 Å². The van der Waals surface area contributed by atoms with Gasteiger partial charge in [-0.3, -0.25) is 0 Å². The molecule has 1 N–H and O–H groups in total. The summed E-state index contributed by atoms with van der Waals surface area (Å²) >= 11 is 0. The van der Waals surface area contributed by atoms with E-state index in [1.807, 2.05) is 0 Å². The van der Waals surface area contributed by atoms with E-state index in [9.17, 15) is 13.6 Å². The van der Waals surface area contributed by atoms with Crippen LogP contribution in [0.5, 0.6) is 0 Å². The minimum absolute atomic E-state index is 0.0228. The predicted molar refractivity (Wildman–Crippen MR) is 40.6 cm³/mol. The molecular formula is C7H13F2NO3. The Bertz CT molecular complexity index is 175. The van der Waals surface area contributed by atoms with Gasteiger partial charge in [0, 0.05) is 6.54 Å². The Hall–Kier alpha value is -0.750. The van der Waals surface area contributed by atoms with Crippen LogP contribution in [0.1, 0.15) is 13.8 Å². The van der Waals surface area contributed by atoms with Crippen molar-refractivity contribution in [3.05, 3.63) is 0 Å². The Labute approximate surface area is 75.0 Å². The number of carbonyl (C=O) groups excluding carboxylic acids is 1. The average Bonchev–Trinajstić information content (AvgIpc) is 2.04. The Morgan fingerprint density at radius 3 is 2.46 bits per heavy atom. The topological polar surface area (TPSA) is 49.8 Å². The van der Waals surface area contributed by atoms with Crippen molar-refractivity contribution in [2.45, 2.75) is 19.8 Å². The van der Waals surface area contributed by atoms with E-state index >= 15 is 0 Å². The number of halogens is 2. The lowest BCUT2D eigenvalue weighted by Gasteiger charge is -2.19. The van der Waals surface area contributed by atoms with Crippen LogP contribution in [0, 0.1) is 0 Å². The first kappa shape index (κ1) is 12.2. The van der Waals surface area contributed by atoms with E-state index in [1.54, 1.807) is 0 Å². The van der Waals surface area contributed by atoms with E-state index in [1.165, 1.54) is 13.8 Å². The number of carbonyl (C=O) groups is 1. The summed E-state index contributed by atoms with van der Waals surface area (Å²) in [5, 5.41) is 9.11. The summed E-state index contributed by atoms with van der Waals surface area (Å²) in [5.74, 6) is -5.26. The van der Waals surface area contributed by atoms with E-state index in [4.69, 9.17) is 5.21 Å². The van der Waals surface area contributed by atoms with E-state index in [-0.39, 0.29) is 13.2 Å². The molecule has 0 amide bonds. The zero-order chi connectivity index (χ0) is 10.5. The van der Waals surface area contributed by atoms with Crippen LogP contribution in [0.15, 0.2) is 0 Å². The molecule has 0 fully saturated rings. The molecule has 0 aliphatic rings. The lowest BCUT2D eigenvalue weighted by atomic mass is 10.3. The number of hydrogen-bond acceptors (Lipinski definition) is 4. The number of alkyl halides is 2. The van der Waals surface area contributed by atoms with Gasteiger partial charge in [-0.2, -0.15) is 13.8 Å². The molecule has 0 bridgehead atoms. The summed E-state index contributed by atoms with van der Waals surface area (Å²) in [6, 6.07) is 0. The van der Waals surface area contributed by atoms with Crippen LogP contribution >= 0.6 is 0 Å².